The van der Waals surface area contributed by atoms with Gasteiger partial charge in [0, 0.05) is 19.5 Å². The van der Waals surface area contributed by atoms with Gasteiger partial charge in [-0.1, -0.05) is 39.0 Å². The molecule has 4 heteroatoms. The SMILES string of the molecule is CC(C)c1ccc2c(c1)ncn2C.CCc1cccc2c1cnn2C. The van der Waals surface area contributed by atoms with Crippen LogP contribution in [-0.4, -0.2) is 19.3 Å². The Bertz CT molecular complexity index is 992. The molecule has 0 amide bonds. The molecule has 0 aliphatic heterocycles. The largest absolute Gasteiger partial charge is 0.334 e. The van der Waals surface area contributed by atoms with Crippen molar-refractivity contribution in [1.29, 1.82) is 0 Å². The number of aromatic nitrogens is 4. The predicted molar refractivity (Wildman–Crippen MR) is 105 cm³/mol. The fourth-order valence-electron chi connectivity index (χ4n) is 3.06. The molecule has 0 atom stereocenters. The second-order valence-electron chi connectivity index (χ2n) is 6.73. The van der Waals surface area contributed by atoms with Crippen LogP contribution in [0, 0.1) is 0 Å². The van der Waals surface area contributed by atoms with Gasteiger partial charge in [-0.2, -0.15) is 5.10 Å². The van der Waals surface area contributed by atoms with Crippen LogP contribution in [0.2, 0.25) is 0 Å². The van der Waals surface area contributed by atoms with E-state index in [9.17, 15) is 0 Å². The van der Waals surface area contributed by atoms with Gasteiger partial charge in [-0.05, 0) is 41.7 Å². The summed E-state index contributed by atoms with van der Waals surface area (Å²) in [5.41, 5.74) is 6.24. The van der Waals surface area contributed by atoms with E-state index in [0.717, 1.165) is 11.9 Å². The minimum Gasteiger partial charge on any atom is -0.334 e. The standard InChI is InChI=1S/C11H14N2.C10H12N2/c1-8(2)9-4-5-11-10(6-9)12-7-13(11)3;1-3-8-5-4-6-10-9(8)7-11-12(10)2/h4-8H,1-3H3;4-7H,3H2,1-2H3. The molecule has 0 saturated carbocycles. The summed E-state index contributed by atoms with van der Waals surface area (Å²) in [4.78, 5) is 4.32. The minimum absolute atomic E-state index is 0.575. The fraction of sp³-hybridized carbons (Fsp3) is 0.333. The second kappa shape index (κ2) is 7.09. The molecule has 0 saturated heterocycles. The van der Waals surface area contributed by atoms with Crippen LogP contribution in [0.1, 0.15) is 37.8 Å². The Kier molecular flexibility index (Phi) is 4.88. The van der Waals surface area contributed by atoms with Gasteiger partial charge in [0.25, 0.3) is 0 Å². The highest BCUT2D eigenvalue weighted by Gasteiger charge is 2.03. The summed E-state index contributed by atoms with van der Waals surface area (Å²) in [5, 5.41) is 5.50. The Morgan fingerprint density at radius 1 is 1.04 bits per heavy atom. The number of fused-ring (bicyclic) bond motifs is 2. The smallest absolute Gasteiger partial charge is 0.0955 e. The molecule has 0 unspecified atom stereocenters. The maximum absolute atomic E-state index is 4.32. The van der Waals surface area contributed by atoms with Crippen LogP contribution in [0.3, 0.4) is 0 Å². The first-order chi connectivity index (χ1) is 12.0. The molecule has 0 N–H and O–H groups in total. The van der Waals surface area contributed by atoms with E-state index < -0.39 is 0 Å². The number of imidazole rings is 1. The zero-order valence-corrected chi connectivity index (χ0v) is 15.7. The molecule has 0 bridgehead atoms. The highest BCUT2D eigenvalue weighted by molar-refractivity contribution is 5.82. The monoisotopic (exact) mass is 334 g/mol. The lowest BCUT2D eigenvalue weighted by Crippen LogP contribution is -1.88. The van der Waals surface area contributed by atoms with Gasteiger partial charge in [-0.3, -0.25) is 4.68 Å². The van der Waals surface area contributed by atoms with Crippen LogP contribution in [-0.2, 0) is 20.5 Å². The molecule has 0 aliphatic rings. The summed E-state index contributed by atoms with van der Waals surface area (Å²) in [7, 11) is 3.99. The van der Waals surface area contributed by atoms with Gasteiger partial charge in [0.05, 0.1) is 29.1 Å². The van der Waals surface area contributed by atoms with Crippen LogP contribution < -0.4 is 0 Å². The third kappa shape index (κ3) is 3.43. The molecule has 2 heterocycles. The van der Waals surface area contributed by atoms with Crippen LogP contribution in [0.5, 0.6) is 0 Å². The molecule has 0 radical (unpaired) electrons. The lowest BCUT2D eigenvalue weighted by molar-refractivity contribution is 0.797. The van der Waals surface area contributed by atoms with Crippen molar-refractivity contribution < 1.29 is 0 Å². The first-order valence-corrected chi connectivity index (χ1v) is 8.81. The molecule has 0 spiro atoms. The third-order valence-corrected chi connectivity index (χ3v) is 4.68. The summed E-state index contributed by atoms with van der Waals surface area (Å²) in [6, 6.07) is 12.8. The zero-order valence-electron chi connectivity index (χ0n) is 15.7. The summed E-state index contributed by atoms with van der Waals surface area (Å²) in [6.45, 7) is 6.57. The highest BCUT2D eigenvalue weighted by atomic mass is 15.2. The Balaban J connectivity index is 0.000000146. The quantitative estimate of drug-likeness (QED) is 0.526. The first-order valence-electron chi connectivity index (χ1n) is 8.81. The Morgan fingerprint density at radius 2 is 1.84 bits per heavy atom. The van der Waals surface area contributed by atoms with E-state index in [1.54, 1.807) is 0 Å². The first kappa shape index (κ1) is 17.2. The van der Waals surface area contributed by atoms with Crippen molar-refractivity contribution in [3.8, 4) is 0 Å². The van der Waals surface area contributed by atoms with E-state index in [2.05, 4.69) is 67.3 Å². The molecular weight excluding hydrogens is 308 g/mol. The van der Waals surface area contributed by atoms with E-state index >= 15 is 0 Å². The van der Waals surface area contributed by atoms with Crippen molar-refractivity contribution in [2.24, 2.45) is 14.1 Å². The van der Waals surface area contributed by atoms with E-state index in [1.165, 1.54) is 27.5 Å². The number of rotatable bonds is 2. The second-order valence-corrected chi connectivity index (χ2v) is 6.73. The molecule has 25 heavy (non-hydrogen) atoms. The summed E-state index contributed by atoms with van der Waals surface area (Å²) >= 11 is 0. The molecule has 130 valence electrons. The molecule has 2 aromatic heterocycles. The molecule has 0 fully saturated rings. The van der Waals surface area contributed by atoms with E-state index in [4.69, 9.17) is 0 Å². The molecule has 4 aromatic rings. The van der Waals surface area contributed by atoms with Crippen molar-refractivity contribution in [2.45, 2.75) is 33.1 Å². The molecule has 2 aromatic carbocycles. The number of hydrogen-bond acceptors (Lipinski definition) is 2. The fourth-order valence-corrected chi connectivity index (χ4v) is 3.06. The number of nitrogens with zero attached hydrogens (tertiary/aromatic N) is 4. The molecule has 4 nitrogen and oxygen atoms in total. The molecule has 0 aliphatic carbocycles. The lowest BCUT2D eigenvalue weighted by atomic mass is 10.0. The third-order valence-electron chi connectivity index (χ3n) is 4.68. The predicted octanol–water partition coefficient (Wildman–Crippen LogP) is 4.83. The van der Waals surface area contributed by atoms with Crippen molar-refractivity contribution >= 4 is 21.9 Å². The highest BCUT2D eigenvalue weighted by Crippen LogP contribution is 2.20. The van der Waals surface area contributed by atoms with E-state index in [0.29, 0.717) is 5.92 Å². The van der Waals surface area contributed by atoms with Gasteiger partial charge in [0.2, 0.25) is 0 Å². The topological polar surface area (TPSA) is 35.6 Å². The van der Waals surface area contributed by atoms with Gasteiger partial charge >= 0.3 is 0 Å². The Morgan fingerprint density at radius 3 is 2.56 bits per heavy atom. The van der Waals surface area contributed by atoms with Crippen LogP contribution in [0.25, 0.3) is 21.9 Å². The van der Waals surface area contributed by atoms with Crippen LogP contribution >= 0.6 is 0 Å². The van der Waals surface area contributed by atoms with Gasteiger partial charge < -0.3 is 4.57 Å². The average Bonchev–Trinajstić information content (AvgIpc) is 3.18. The zero-order chi connectivity index (χ0) is 18.0. The average molecular weight is 334 g/mol. The Hall–Kier alpha value is -2.62. The van der Waals surface area contributed by atoms with Crippen molar-refractivity contribution in [3.05, 3.63) is 60.0 Å². The van der Waals surface area contributed by atoms with Gasteiger partial charge in [0.15, 0.2) is 0 Å². The molecule has 4 rings (SSSR count). The maximum atomic E-state index is 4.32. The van der Waals surface area contributed by atoms with Crippen LogP contribution in [0.4, 0.5) is 0 Å². The van der Waals surface area contributed by atoms with Gasteiger partial charge in [-0.15, -0.1) is 0 Å². The van der Waals surface area contributed by atoms with Crippen molar-refractivity contribution in [1.82, 2.24) is 19.3 Å². The van der Waals surface area contributed by atoms with E-state index in [-0.39, 0.29) is 0 Å². The maximum Gasteiger partial charge on any atom is 0.0955 e. The van der Waals surface area contributed by atoms with Gasteiger partial charge in [0.1, 0.15) is 0 Å². The van der Waals surface area contributed by atoms with Crippen molar-refractivity contribution in [3.63, 3.8) is 0 Å². The summed E-state index contributed by atoms with van der Waals surface area (Å²) in [5.74, 6) is 0.575. The van der Waals surface area contributed by atoms with Gasteiger partial charge in [-0.25, -0.2) is 4.98 Å². The van der Waals surface area contributed by atoms with Crippen LogP contribution in [0.15, 0.2) is 48.9 Å². The number of benzene rings is 2. The molecular formula is C21H26N4. The summed E-state index contributed by atoms with van der Waals surface area (Å²) in [6.07, 6.45) is 4.87. The number of aryl methyl sites for hydroxylation is 3. The van der Waals surface area contributed by atoms with E-state index in [1.807, 2.05) is 35.9 Å². The summed E-state index contributed by atoms with van der Waals surface area (Å²) < 4.78 is 3.95. The normalized spacial score (nSPS) is 11.1. The minimum atomic E-state index is 0.575. The Labute approximate surface area is 149 Å². The lowest BCUT2D eigenvalue weighted by Gasteiger charge is -2.04. The number of hydrogen-bond donors (Lipinski definition) is 0. The van der Waals surface area contributed by atoms with Crippen molar-refractivity contribution in [2.75, 3.05) is 0 Å².